The number of nitrogens with two attached hydrogens (primary N) is 1. The quantitative estimate of drug-likeness (QED) is 0.834. The Morgan fingerprint density at radius 3 is 2.48 bits per heavy atom. The van der Waals surface area contributed by atoms with Crippen LogP contribution in [0.1, 0.15) is 19.4 Å². The summed E-state index contributed by atoms with van der Waals surface area (Å²) in [5.41, 5.74) is 6.06. The molecule has 0 bridgehead atoms. The zero-order valence-electron chi connectivity index (χ0n) is 12.0. The number of hydrogen-bond donors (Lipinski definition) is 2. The molecule has 0 atom stereocenters. The molecule has 7 heteroatoms. The molecule has 0 aromatic heterocycles. The first kappa shape index (κ1) is 17.8. The molecule has 0 radical (unpaired) electrons. The third kappa shape index (κ3) is 5.53. The first-order chi connectivity index (χ1) is 9.85. The zero-order valence-corrected chi connectivity index (χ0v) is 13.5. The molecule has 0 aliphatic heterocycles. The lowest BCUT2D eigenvalue weighted by Gasteiger charge is -2.27. The van der Waals surface area contributed by atoms with Crippen molar-refractivity contribution in [3.8, 4) is 0 Å². The normalized spacial score (nSPS) is 10.6. The predicted octanol–water partition coefficient (Wildman–Crippen LogP) is 1.81. The van der Waals surface area contributed by atoms with Gasteiger partial charge in [0.2, 0.25) is 11.8 Å². The summed E-state index contributed by atoms with van der Waals surface area (Å²) in [5, 5.41) is 3.39. The molecule has 21 heavy (non-hydrogen) atoms. The standard InChI is InChI=1S/C14H19Cl2N3O2/c1-9(2)19(14(21)7-18-13(20)6-17)8-10-3-4-11(15)12(16)5-10/h3-5,9H,6-8,17H2,1-2H3,(H,18,20). The highest BCUT2D eigenvalue weighted by Crippen LogP contribution is 2.23. The first-order valence-electron chi connectivity index (χ1n) is 6.55. The van der Waals surface area contributed by atoms with Gasteiger partial charge < -0.3 is 16.0 Å². The van der Waals surface area contributed by atoms with Crippen molar-refractivity contribution in [2.45, 2.75) is 26.4 Å². The molecule has 1 aromatic carbocycles. The molecule has 5 nitrogen and oxygen atoms in total. The Kier molecular flexibility index (Phi) is 6.95. The molecule has 116 valence electrons. The topological polar surface area (TPSA) is 75.4 Å². The maximum absolute atomic E-state index is 12.2. The van der Waals surface area contributed by atoms with Gasteiger partial charge in [0, 0.05) is 12.6 Å². The molecule has 0 fully saturated rings. The molecule has 1 rings (SSSR count). The largest absolute Gasteiger partial charge is 0.346 e. The van der Waals surface area contributed by atoms with Gasteiger partial charge in [-0.25, -0.2) is 0 Å². The van der Waals surface area contributed by atoms with Gasteiger partial charge in [0.15, 0.2) is 0 Å². The van der Waals surface area contributed by atoms with E-state index in [0.29, 0.717) is 16.6 Å². The van der Waals surface area contributed by atoms with Crippen molar-refractivity contribution < 1.29 is 9.59 Å². The van der Waals surface area contributed by atoms with Crippen molar-refractivity contribution in [1.29, 1.82) is 0 Å². The molecular formula is C14H19Cl2N3O2. The number of carbonyl (C=O) groups is 2. The van der Waals surface area contributed by atoms with Gasteiger partial charge in [0.05, 0.1) is 23.1 Å². The van der Waals surface area contributed by atoms with Gasteiger partial charge in [-0.3, -0.25) is 9.59 Å². The summed E-state index contributed by atoms with van der Waals surface area (Å²) < 4.78 is 0. The maximum Gasteiger partial charge on any atom is 0.242 e. The fraction of sp³-hybridized carbons (Fsp3) is 0.429. The van der Waals surface area contributed by atoms with E-state index in [2.05, 4.69) is 5.32 Å². The second-order valence-electron chi connectivity index (χ2n) is 4.84. The van der Waals surface area contributed by atoms with E-state index < -0.39 is 0 Å². The summed E-state index contributed by atoms with van der Waals surface area (Å²) in [4.78, 5) is 24.9. The summed E-state index contributed by atoms with van der Waals surface area (Å²) in [6.45, 7) is 3.99. The second-order valence-corrected chi connectivity index (χ2v) is 5.66. The fourth-order valence-corrected chi connectivity index (χ4v) is 2.06. The van der Waals surface area contributed by atoms with Crippen LogP contribution in [0.2, 0.25) is 10.0 Å². The van der Waals surface area contributed by atoms with Crippen molar-refractivity contribution in [2.24, 2.45) is 5.73 Å². The van der Waals surface area contributed by atoms with Gasteiger partial charge >= 0.3 is 0 Å². The molecule has 3 N–H and O–H groups in total. The number of amides is 2. The van der Waals surface area contributed by atoms with Crippen LogP contribution in [0.25, 0.3) is 0 Å². The van der Waals surface area contributed by atoms with Crippen LogP contribution in [0, 0.1) is 0 Å². The molecule has 1 aromatic rings. The molecule has 0 heterocycles. The third-order valence-electron chi connectivity index (χ3n) is 2.90. The van der Waals surface area contributed by atoms with Crippen molar-refractivity contribution in [1.82, 2.24) is 10.2 Å². The number of carbonyl (C=O) groups excluding carboxylic acids is 2. The number of hydrogen-bond acceptors (Lipinski definition) is 3. The lowest BCUT2D eigenvalue weighted by Crippen LogP contribution is -2.44. The smallest absolute Gasteiger partial charge is 0.242 e. The molecule has 0 saturated heterocycles. The van der Waals surface area contributed by atoms with E-state index in [1.165, 1.54) is 0 Å². The van der Waals surface area contributed by atoms with Crippen LogP contribution < -0.4 is 11.1 Å². The fourth-order valence-electron chi connectivity index (χ4n) is 1.74. The summed E-state index contributed by atoms with van der Waals surface area (Å²) in [7, 11) is 0. The molecule has 0 unspecified atom stereocenters. The van der Waals surface area contributed by atoms with Crippen LogP contribution in [0.4, 0.5) is 0 Å². The van der Waals surface area contributed by atoms with Gasteiger partial charge in [-0.1, -0.05) is 29.3 Å². The number of nitrogens with one attached hydrogen (secondary N) is 1. The summed E-state index contributed by atoms with van der Waals surface area (Å²) in [5.74, 6) is -0.542. The maximum atomic E-state index is 12.2. The summed E-state index contributed by atoms with van der Waals surface area (Å²) >= 11 is 11.8. The Morgan fingerprint density at radius 1 is 1.29 bits per heavy atom. The molecule has 0 aliphatic rings. The highest BCUT2D eigenvalue weighted by Gasteiger charge is 2.18. The van der Waals surface area contributed by atoms with Crippen LogP contribution in [0.15, 0.2) is 18.2 Å². The van der Waals surface area contributed by atoms with E-state index in [1.54, 1.807) is 17.0 Å². The minimum absolute atomic E-state index is 0.0123. The van der Waals surface area contributed by atoms with E-state index >= 15 is 0 Å². The number of benzene rings is 1. The highest BCUT2D eigenvalue weighted by atomic mass is 35.5. The monoisotopic (exact) mass is 331 g/mol. The lowest BCUT2D eigenvalue weighted by molar-refractivity contribution is -0.134. The average Bonchev–Trinajstić information content (AvgIpc) is 2.45. The Labute approximate surface area is 134 Å². The van der Waals surface area contributed by atoms with Crippen LogP contribution in [-0.2, 0) is 16.1 Å². The molecule has 0 saturated carbocycles. The highest BCUT2D eigenvalue weighted by molar-refractivity contribution is 6.42. The van der Waals surface area contributed by atoms with Crippen molar-refractivity contribution >= 4 is 35.0 Å². The molecule has 0 aliphatic carbocycles. The minimum Gasteiger partial charge on any atom is -0.346 e. The average molecular weight is 332 g/mol. The Hall–Kier alpha value is -1.30. The van der Waals surface area contributed by atoms with Crippen LogP contribution in [-0.4, -0.2) is 35.8 Å². The van der Waals surface area contributed by atoms with Gasteiger partial charge in [-0.05, 0) is 31.5 Å². The van der Waals surface area contributed by atoms with Gasteiger partial charge in [0.1, 0.15) is 0 Å². The third-order valence-corrected chi connectivity index (χ3v) is 3.64. The Bertz CT molecular complexity index is 521. The predicted molar refractivity (Wildman–Crippen MR) is 84.2 cm³/mol. The Balaban J connectivity index is 2.75. The van der Waals surface area contributed by atoms with Crippen molar-refractivity contribution in [2.75, 3.05) is 13.1 Å². The van der Waals surface area contributed by atoms with E-state index in [1.807, 2.05) is 19.9 Å². The van der Waals surface area contributed by atoms with Crippen LogP contribution in [0.3, 0.4) is 0 Å². The minimum atomic E-state index is -0.360. The van der Waals surface area contributed by atoms with Crippen molar-refractivity contribution in [3.63, 3.8) is 0 Å². The zero-order chi connectivity index (χ0) is 16.0. The first-order valence-corrected chi connectivity index (χ1v) is 7.31. The lowest BCUT2D eigenvalue weighted by atomic mass is 10.2. The Morgan fingerprint density at radius 2 is 1.95 bits per heavy atom. The summed E-state index contributed by atoms with van der Waals surface area (Å²) in [6.07, 6.45) is 0. The van der Waals surface area contributed by atoms with E-state index in [0.717, 1.165) is 5.56 Å². The molecular weight excluding hydrogens is 313 g/mol. The number of nitrogens with zero attached hydrogens (tertiary/aromatic N) is 1. The number of rotatable bonds is 6. The molecule has 2 amide bonds. The molecule has 0 spiro atoms. The van der Waals surface area contributed by atoms with Crippen LogP contribution in [0.5, 0.6) is 0 Å². The van der Waals surface area contributed by atoms with E-state index in [9.17, 15) is 9.59 Å². The SMILES string of the molecule is CC(C)N(Cc1ccc(Cl)c(Cl)c1)C(=O)CNC(=O)CN. The van der Waals surface area contributed by atoms with Gasteiger partial charge in [-0.15, -0.1) is 0 Å². The van der Waals surface area contributed by atoms with Crippen LogP contribution >= 0.6 is 23.2 Å². The van der Waals surface area contributed by atoms with E-state index in [-0.39, 0.29) is 30.9 Å². The van der Waals surface area contributed by atoms with Gasteiger partial charge in [-0.2, -0.15) is 0 Å². The van der Waals surface area contributed by atoms with Gasteiger partial charge in [0.25, 0.3) is 0 Å². The summed E-state index contributed by atoms with van der Waals surface area (Å²) in [6, 6.07) is 5.22. The number of halogens is 2. The van der Waals surface area contributed by atoms with E-state index in [4.69, 9.17) is 28.9 Å². The second kappa shape index (κ2) is 8.22. The van der Waals surface area contributed by atoms with Crippen molar-refractivity contribution in [3.05, 3.63) is 33.8 Å².